The Balaban J connectivity index is 2.79. The summed E-state index contributed by atoms with van der Waals surface area (Å²) in [5, 5.41) is 2.94. The zero-order chi connectivity index (χ0) is 10.6. The first-order chi connectivity index (χ1) is 6.65. The highest BCUT2D eigenvalue weighted by molar-refractivity contribution is 6.35. The summed E-state index contributed by atoms with van der Waals surface area (Å²) in [5.74, 6) is -0.605. The maximum Gasteiger partial charge on any atom is 0.160 e. The minimum absolute atomic E-state index is 0.00477. The Hall–Kier alpha value is -0.440. The second kappa shape index (κ2) is 5.44. The summed E-state index contributed by atoms with van der Waals surface area (Å²) >= 11 is 16.5. The van der Waals surface area contributed by atoms with E-state index in [1.165, 1.54) is 17.7 Å². The average Bonchev–Trinajstić information content (AvgIpc) is 2.14. The van der Waals surface area contributed by atoms with Gasteiger partial charge in [-0.2, -0.15) is 0 Å². The van der Waals surface area contributed by atoms with Crippen molar-refractivity contribution in [2.75, 3.05) is 11.9 Å². The van der Waals surface area contributed by atoms with Gasteiger partial charge in [0.15, 0.2) is 5.82 Å². The Morgan fingerprint density at radius 1 is 1.29 bits per heavy atom. The summed E-state index contributed by atoms with van der Waals surface area (Å²) in [6, 6.07) is 2.93. The highest BCUT2D eigenvalue weighted by Gasteiger charge is 2.06. The third-order valence-corrected chi connectivity index (χ3v) is 2.23. The van der Waals surface area contributed by atoms with E-state index in [0.29, 0.717) is 12.2 Å². The third-order valence-electron chi connectivity index (χ3n) is 1.50. The molecule has 0 saturated carbocycles. The van der Waals surface area contributed by atoms with Crippen molar-refractivity contribution in [3.8, 4) is 0 Å². The highest BCUT2D eigenvalue weighted by atomic mass is 35.5. The molecule has 1 aromatic carbocycles. The minimum Gasteiger partial charge on any atom is -0.381 e. The topological polar surface area (TPSA) is 12.0 Å². The van der Waals surface area contributed by atoms with Gasteiger partial charge in [0.2, 0.25) is 0 Å². The fraction of sp³-hybridized carbons (Fsp3) is 0.111. The molecule has 1 rings (SSSR count). The van der Waals surface area contributed by atoms with Gasteiger partial charge < -0.3 is 5.32 Å². The lowest BCUT2D eigenvalue weighted by molar-refractivity contribution is 0.629. The molecular weight excluding hydrogens is 247 g/mol. The molecule has 1 aromatic rings. The van der Waals surface area contributed by atoms with E-state index in [4.69, 9.17) is 34.8 Å². The summed E-state index contributed by atoms with van der Waals surface area (Å²) in [6.07, 6.45) is 1.70. The van der Waals surface area contributed by atoms with Gasteiger partial charge in [-0.15, -0.1) is 0 Å². The van der Waals surface area contributed by atoms with Crippen molar-refractivity contribution in [2.24, 2.45) is 0 Å². The van der Waals surface area contributed by atoms with Gasteiger partial charge in [0, 0.05) is 17.8 Å². The molecule has 5 heteroatoms. The second-order valence-electron chi connectivity index (χ2n) is 2.50. The minimum atomic E-state index is -0.605. The molecule has 0 amide bonds. The first-order valence-electron chi connectivity index (χ1n) is 3.79. The molecule has 0 aliphatic rings. The average molecular weight is 255 g/mol. The Morgan fingerprint density at radius 3 is 2.36 bits per heavy atom. The van der Waals surface area contributed by atoms with Gasteiger partial charge in [-0.1, -0.05) is 40.9 Å². The lowest BCUT2D eigenvalue weighted by Gasteiger charge is -2.05. The Kier molecular flexibility index (Phi) is 4.52. The van der Waals surface area contributed by atoms with Crippen LogP contribution in [0.4, 0.5) is 10.1 Å². The van der Waals surface area contributed by atoms with Crippen molar-refractivity contribution in [2.45, 2.75) is 0 Å². The van der Waals surface area contributed by atoms with Crippen LogP contribution in [0.1, 0.15) is 0 Å². The third kappa shape index (κ3) is 3.05. The van der Waals surface area contributed by atoms with E-state index in [-0.39, 0.29) is 10.0 Å². The van der Waals surface area contributed by atoms with Crippen LogP contribution in [0.5, 0.6) is 0 Å². The van der Waals surface area contributed by atoms with Crippen molar-refractivity contribution in [3.05, 3.63) is 39.6 Å². The number of halogens is 4. The quantitative estimate of drug-likeness (QED) is 0.793. The summed E-state index contributed by atoms with van der Waals surface area (Å²) in [4.78, 5) is 0. The number of hydrogen-bond donors (Lipinski definition) is 1. The standard InChI is InChI=1S/C9H7Cl3FN/c10-2-1-3-14-6-4-7(11)9(13)8(12)5-6/h1-2,4-5,14H,3H2/b2-1+. The molecule has 0 fully saturated rings. The molecule has 0 aliphatic carbocycles. The lowest BCUT2D eigenvalue weighted by Crippen LogP contribution is -1.98. The molecule has 0 aromatic heterocycles. The first kappa shape index (κ1) is 11.6. The zero-order valence-electron chi connectivity index (χ0n) is 7.03. The van der Waals surface area contributed by atoms with Gasteiger partial charge in [0.05, 0.1) is 10.0 Å². The Morgan fingerprint density at radius 2 is 1.86 bits per heavy atom. The molecule has 0 heterocycles. The van der Waals surface area contributed by atoms with Gasteiger partial charge in [-0.25, -0.2) is 4.39 Å². The van der Waals surface area contributed by atoms with Gasteiger partial charge in [0.1, 0.15) is 0 Å². The molecule has 76 valence electrons. The Labute approximate surface area is 96.5 Å². The zero-order valence-corrected chi connectivity index (χ0v) is 9.30. The van der Waals surface area contributed by atoms with Crippen LogP contribution in [0.3, 0.4) is 0 Å². The monoisotopic (exact) mass is 253 g/mol. The van der Waals surface area contributed by atoms with Gasteiger partial charge in [0.25, 0.3) is 0 Å². The fourth-order valence-corrected chi connectivity index (χ4v) is 1.46. The van der Waals surface area contributed by atoms with Crippen LogP contribution < -0.4 is 5.32 Å². The SMILES string of the molecule is Fc1c(Cl)cc(NC/C=C/Cl)cc1Cl. The summed E-state index contributed by atoms with van der Waals surface area (Å²) in [5.41, 5.74) is 2.04. The fourth-order valence-electron chi connectivity index (χ4n) is 0.879. The molecule has 14 heavy (non-hydrogen) atoms. The summed E-state index contributed by atoms with van der Waals surface area (Å²) in [7, 11) is 0. The lowest BCUT2D eigenvalue weighted by atomic mass is 10.3. The normalized spacial score (nSPS) is 10.9. The molecule has 0 unspecified atom stereocenters. The van der Waals surface area contributed by atoms with Gasteiger partial charge >= 0.3 is 0 Å². The van der Waals surface area contributed by atoms with Gasteiger partial charge in [-0.05, 0) is 12.1 Å². The number of benzene rings is 1. The number of nitrogens with one attached hydrogen (secondary N) is 1. The van der Waals surface area contributed by atoms with Crippen LogP contribution >= 0.6 is 34.8 Å². The van der Waals surface area contributed by atoms with E-state index in [2.05, 4.69) is 5.32 Å². The van der Waals surface area contributed by atoms with Crippen LogP contribution in [0.2, 0.25) is 10.0 Å². The predicted molar refractivity (Wildman–Crippen MR) is 59.9 cm³/mol. The van der Waals surface area contributed by atoms with Crippen LogP contribution in [0, 0.1) is 5.82 Å². The first-order valence-corrected chi connectivity index (χ1v) is 4.98. The molecule has 0 atom stereocenters. The van der Waals surface area contributed by atoms with Crippen LogP contribution in [-0.2, 0) is 0 Å². The van der Waals surface area contributed by atoms with Crippen LogP contribution in [0.15, 0.2) is 23.7 Å². The largest absolute Gasteiger partial charge is 0.381 e. The predicted octanol–water partition coefficient (Wildman–Crippen LogP) is 4.30. The van der Waals surface area contributed by atoms with Crippen molar-refractivity contribution in [1.82, 2.24) is 0 Å². The van der Waals surface area contributed by atoms with Crippen molar-refractivity contribution in [3.63, 3.8) is 0 Å². The van der Waals surface area contributed by atoms with E-state index in [0.717, 1.165) is 0 Å². The molecule has 0 radical (unpaired) electrons. The van der Waals surface area contributed by atoms with E-state index in [9.17, 15) is 4.39 Å². The molecule has 1 N–H and O–H groups in total. The summed E-state index contributed by atoms with van der Waals surface area (Å²) < 4.78 is 13.0. The maximum absolute atomic E-state index is 13.0. The summed E-state index contributed by atoms with van der Waals surface area (Å²) in [6.45, 7) is 0.530. The molecule has 0 bridgehead atoms. The van der Waals surface area contributed by atoms with E-state index in [1.54, 1.807) is 6.08 Å². The molecule has 1 nitrogen and oxygen atoms in total. The van der Waals surface area contributed by atoms with Gasteiger partial charge in [-0.3, -0.25) is 0 Å². The van der Waals surface area contributed by atoms with E-state index in [1.807, 2.05) is 0 Å². The molecular formula is C9H7Cl3FN. The van der Waals surface area contributed by atoms with Crippen LogP contribution in [-0.4, -0.2) is 6.54 Å². The molecule has 0 aliphatic heterocycles. The number of hydrogen-bond acceptors (Lipinski definition) is 1. The second-order valence-corrected chi connectivity index (χ2v) is 3.56. The molecule has 0 saturated heterocycles. The van der Waals surface area contributed by atoms with E-state index >= 15 is 0 Å². The Bertz CT molecular complexity index is 329. The van der Waals surface area contributed by atoms with Crippen molar-refractivity contribution < 1.29 is 4.39 Å². The van der Waals surface area contributed by atoms with Crippen molar-refractivity contribution in [1.29, 1.82) is 0 Å². The maximum atomic E-state index is 13.0. The number of anilines is 1. The highest BCUT2D eigenvalue weighted by Crippen LogP contribution is 2.27. The molecule has 0 spiro atoms. The smallest absolute Gasteiger partial charge is 0.160 e. The van der Waals surface area contributed by atoms with E-state index < -0.39 is 5.82 Å². The number of rotatable bonds is 3. The van der Waals surface area contributed by atoms with Crippen LogP contribution in [0.25, 0.3) is 0 Å². The van der Waals surface area contributed by atoms with Crippen molar-refractivity contribution >= 4 is 40.5 Å².